The van der Waals surface area contributed by atoms with Crippen LogP contribution in [0, 0.1) is 5.41 Å². The van der Waals surface area contributed by atoms with Crippen LogP contribution >= 0.6 is 0 Å². The lowest BCUT2D eigenvalue weighted by atomic mass is 10.1. The molecule has 5 nitrogen and oxygen atoms in total. The standard InChI is InChI=1S/C9H10N4O/c10-9(11)6-2-1-3-7-8(6)13(5-14)4-12-7/h1-4,14H,5H2,(H3,10,11). The Hall–Kier alpha value is -1.88. The monoisotopic (exact) mass is 190 g/mol. The average molecular weight is 190 g/mol. The van der Waals surface area contributed by atoms with Crippen LogP contribution in [0.3, 0.4) is 0 Å². The number of rotatable bonds is 2. The Morgan fingerprint density at radius 1 is 1.57 bits per heavy atom. The van der Waals surface area contributed by atoms with Crippen molar-refractivity contribution < 1.29 is 5.11 Å². The van der Waals surface area contributed by atoms with Crippen molar-refractivity contribution in [3.8, 4) is 0 Å². The van der Waals surface area contributed by atoms with Crippen LogP contribution < -0.4 is 5.73 Å². The summed E-state index contributed by atoms with van der Waals surface area (Å²) in [5.41, 5.74) is 7.44. The fourth-order valence-electron chi connectivity index (χ4n) is 1.45. The highest BCUT2D eigenvalue weighted by atomic mass is 16.3. The number of hydrogen-bond donors (Lipinski definition) is 3. The molecule has 1 heterocycles. The second-order valence-corrected chi connectivity index (χ2v) is 2.94. The third-order valence-corrected chi connectivity index (χ3v) is 2.08. The van der Waals surface area contributed by atoms with Crippen molar-refractivity contribution in [2.75, 3.05) is 0 Å². The van der Waals surface area contributed by atoms with Crippen molar-refractivity contribution in [2.24, 2.45) is 5.73 Å². The Bertz CT molecular complexity index is 489. The number of aliphatic hydroxyl groups excluding tert-OH is 1. The quantitative estimate of drug-likeness (QED) is 0.469. The van der Waals surface area contributed by atoms with Crippen molar-refractivity contribution in [1.29, 1.82) is 5.41 Å². The summed E-state index contributed by atoms with van der Waals surface area (Å²) in [6.07, 6.45) is 1.52. The maximum absolute atomic E-state index is 9.04. The van der Waals surface area contributed by atoms with E-state index in [1.165, 1.54) is 6.33 Å². The Morgan fingerprint density at radius 2 is 2.36 bits per heavy atom. The van der Waals surface area contributed by atoms with E-state index in [4.69, 9.17) is 16.2 Å². The highest BCUT2D eigenvalue weighted by molar-refractivity contribution is 6.05. The summed E-state index contributed by atoms with van der Waals surface area (Å²) >= 11 is 0. The second-order valence-electron chi connectivity index (χ2n) is 2.94. The third kappa shape index (κ3) is 1.14. The minimum atomic E-state index is -0.166. The number of amidine groups is 1. The van der Waals surface area contributed by atoms with Gasteiger partial charge in [-0.15, -0.1) is 0 Å². The fraction of sp³-hybridized carbons (Fsp3) is 0.111. The van der Waals surface area contributed by atoms with E-state index in [0.717, 1.165) is 5.52 Å². The van der Waals surface area contributed by atoms with E-state index in [9.17, 15) is 0 Å². The summed E-state index contributed by atoms with van der Waals surface area (Å²) in [5.74, 6) is -0.0224. The number of nitrogens with two attached hydrogens (primary N) is 1. The molecule has 0 aliphatic heterocycles. The number of nitrogens with one attached hydrogen (secondary N) is 1. The maximum atomic E-state index is 9.04. The number of nitrogen functional groups attached to an aromatic ring is 1. The van der Waals surface area contributed by atoms with Gasteiger partial charge in [-0.05, 0) is 12.1 Å². The van der Waals surface area contributed by atoms with Crippen LogP contribution in [0.25, 0.3) is 11.0 Å². The Labute approximate surface area is 80.3 Å². The number of benzene rings is 1. The minimum Gasteiger partial charge on any atom is -0.384 e. The molecule has 0 radical (unpaired) electrons. The zero-order valence-corrected chi connectivity index (χ0v) is 7.44. The number of hydrogen-bond acceptors (Lipinski definition) is 3. The summed E-state index contributed by atoms with van der Waals surface area (Å²) in [7, 11) is 0. The predicted octanol–water partition coefficient (Wildman–Crippen LogP) is 0.270. The third-order valence-electron chi connectivity index (χ3n) is 2.08. The molecule has 0 aliphatic rings. The van der Waals surface area contributed by atoms with E-state index in [2.05, 4.69) is 4.98 Å². The molecule has 0 saturated carbocycles. The molecule has 14 heavy (non-hydrogen) atoms. The van der Waals surface area contributed by atoms with E-state index >= 15 is 0 Å². The first-order valence-electron chi connectivity index (χ1n) is 4.13. The Morgan fingerprint density at radius 3 is 3.00 bits per heavy atom. The number of aromatic nitrogens is 2. The molecule has 0 atom stereocenters. The van der Waals surface area contributed by atoms with Crippen LogP contribution in [-0.2, 0) is 6.73 Å². The molecular formula is C9H10N4O. The van der Waals surface area contributed by atoms with Gasteiger partial charge in [-0.3, -0.25) is 5.41 Å². The molecule has 0 saturated heterocycles. The van der Waals surface area contributed by atoms with Gasteiger partial charge in [-0.2, -0.15) is 0 Å². The van der Waals surface area contributed by atoms with Crippen LogP contribution in [0.4, 0.5) is 0 Å². The van der Waals surface area contributed by atoms with E-state index in [0.29, 0.717) is 11.1 Å². The van der Waals surface area contributed by atoms with Crippen LogP contribution in [0.1, 0.15) is 5.56 Å². The van der Waals surface area contributed by atoms with Gasteiger partial charge in [0.1, 0.15) is 12.6 Å². The van der Waals surface area contributed by atoms with E-state index < -0.39 is 0 Å². The molecular weight excluding hydrogens is 180 g/mol. The van der Waals surface area contributed by atoms with Gasteiger partial charge in [-0.1, -0.05) is 6.07 Å². The van der Waals surface area contributed by atoms with E-state index in [1.807, 2.05) is 6.07 Å². The van der Waals surface area contributed by atoms with E-state index in [-0.39, 0.29) is 12.6 Å². The molecule has 0 spiro atoms. The molecule has 5 heteroatoms. The summed E-state index contributed by atoms with van der Waals surface area (Å²) in [5, 5.41) is 16.4. The second kappa shape index (κ2) is 3.12. The molecule has 1 aromatic heterocycles. The SMILES string of the molecule is N=C(N)c1cccc2ncn(CO)c12. The van der Waals surface area contributed by atoms with Crippen molar-refractivity contribution >= 4 is 16.9 Å². The van der Waals surface area contributed by atoms with Crippen molar-refractivity contribution in [3.63, 3.8) is 0 Å². The predicted molar refractivity (Wildman–Crippen MR) is 53.0 cm³/mol. The van der Waals surface area contributed by atoms with Crippen LogP contribution in [0.5, 0.6) is 0 Å². The van der Waals surface area contributed by atoms with Gasteiger partial charge in [0, 0.05) is 5.56 Å². The topological polar surface area (TPSA) is 87.9 Å². The molecule has 0 amide bonds. The first-order valence-corrected chi connectivity index (χ1v) is 4.13. The highest BCUT2D eigenvalue weighted by Gasteiger charge is 2.08. The minimum absolute atomic E-state index is 0.0224. The molecule has 72 valence electrons. The van der Waals surface area contributed by atoms with Gasteiger partial charge in [0.25, 0.3) is 0 Å². The number of nitrogens with zero attached hydrogens (tertiary/aromatic N) is 2. The van der Waals surface area contributed by atoms with Gasteiger partial charge in [0.05, 0.1) is 17.4 Å². The molecule has 0 bridgehead atoms. The molecule has 4 N–H and O–H groups in total. The van der Waals surface area contributed by atoms with E-state index in [1.54, 1.807) is 16.7 Å². The lowest BCUT2D eigenvalue weighted by molar-refractivity contribution is 0.214. The molecule has 2 rings (SSSR count). The van der Waals surface area contributed by atoms with Crippen molar-refractivity contribution in [3.05, 3.63) is 30.1 Å². The summed E-state index contributed by atoms with van der Waals surface area (Å²) in [4.78, 5) is 4.08. The first-order chi connectivity index (χ1) is 6.74. The largest absolute Gasteiger partial charge is 0.384 e. The van der Waals surface area contributed by atoms with Crippen molar-refractivity contribution in [1.82, 2.24) is 9.55 Å². The maximum Gasteiger partial charge on any atom is 0.124 e. The number of aliphatic hydroxyl groups is 1. The smallest absolute Gasteiger partial charge is 0.124 e. The Balaban J connectivity index is 2.81. The van der Waals surface area contributed by atoms with Crippen LogP contribution in [0.15, 0.2) is 24.5 Å². The van der Waals surface area contributed by atoms with Gasteiger partial charge >= 0.3 is 0 Å². The molecule has 1 aromatic carbocycles. The number of para-hydroxylation sites is 1. The highest BCUT2D eigenvalue weighted by Crippen LogP contribution is 2.16. The van der Waals surface area contributed by atoms with Crippen LogP contribution in [-0.4, -0.2) is 20.5 Å². The molecule has 0 unspecified atom stereocenters. The fourth-order valence-corrected chi connectivity index (χ4v) is 1.45. The van der Waals surface area contributed by atoms with Gasteiger partial charge in [0.2, 0.25) is 0 Å². The van der Waals surface area contributed by atoms with Gasteiger partial charge < -0.3 is 15.4 Å². The number of imidazole rings is 1. The van der Waals surface area contributed by atoms with Gasteiger partial charge in [0.15, 0.2) is 0 Å². The summed E-state index contributed by atoms with van der Waals surface area (Å²) in [6.45, 7) is -0.166. The normalized spacial score (nSPS) is 10.6. The first kappa shape index (κ1) is 8.71. The average Bonchev–Trinajstić information content (AvgIpc) is 2.59. The van der Waals surface area contributed by atoms with Crippen molar-refractivity contribution in [2.45, 2.75) is 6.73 Å². The molecule has 0 fully saturated rings. The lowest BCUT2D eigenvalue weighted by Crippen LogP contribution is -2.13. The zero-order valence-electron chi connectivity index (χ0n) is 7.44. The Kier molecular flexibility index (Phi) is 1.94. The summed E-state index contributed by atoms with van der Waals surface area (Å²) < 4.78 is 1.55. The van der Waals surface area contributed by atoms with Crippen LogP contribution in [0.2, 0.25) is 0 Å². The lowest BCUT2D eigenvalue weighted by Gasteiger charge is -2.03. The van der Waals surface area contributed by atoms with Gasteiger partial charge in [-0.25, -0.2) is 4.98 Å². The number of fused-ring (bicyclic) bond motifs is 1. The molecule has 0 aliphatic carbocycles. The zero-order chi connectivity index (χ0) is 10.1. The molecule has 2 aromatic rings. The summed E-state index contributed by atoms with van der Waals surface area (Å²) in [6, 6.07) is 5.33.